The molecule has 0 amide bonds. The average Bonchev–Trinajstić information content (AvgIpc) is 3.43. The largest absolute Gasteiger partial charge is 0.390 e. The fraction of sp³-hybridized carbons (Fsp3) is 0.318. The highest BCUT2D eigenvalue weighted by atomic mass is 16.3. The lowest BCUT2D eigenvalue weighted by Gasteiger charge is -2.18. The number of aliphatic hydroxyl groups is 1. The van der Waals surface area contributed by atoms with Crippen molar-refractivity contribution < 1.29 is 5.11 Å². The highest BCUT2D eigenvalue weighted by Crippen LogP contribution is 2.41. The number of benzene rings is 2. The SMILES string of the molecule is CN(C)c1ccccc1Cn1nc(CO)cc1-c1cccc(C2CC2)c1. The lowest BCUT2D eigenvalue weighted by Crippen LogP contribution is -2.13. The molecule has 0 spiro atoms. The molecule has 1 aromatic heterocycles. The van der Waals surface area contributed by atoms with Crippen LogP contribution in [0.4, 0.5) is 5.69 Å². The molecule has 1 aliphatic carbocycles. The van der Waals surface area contributed by atoms with Crippen LogP contribution in [-0.4, -0.2) is 29.0 Å². The van der Waals surface area contributed by atoms with Crippen molar-refractivity contribution in [2.24, 2.45) is 0 Å². The number of rotatable bonds is 6. The molecule has 0 radical (unpaired) electrons. The van der Waals surface area contributed by atoms with Crippen molar-refractivity contribution in [3.8, 4) is 11.3 Å². The summed E-state index contributed by atoms with van der Waals surface area (Å²) in [6, 6.07) is 19.2. The highest BCUT2D eigenvalue weighted by Gasteiger charge is 2.24. The van der Waals surface area contributed by atoms with Gasteiger partial charge in [0.05, 0.1) is 24.5 Å². The molecule has 134 valence electrons. The Morgan fingerprint density at radius 1 is 1.08 bits per heavy atom. The van der Waals surface area contributed by atoms with E-state index in [2.05, 4.69) is 72.6 Å². The van der Waals surface area contributed by atoms with E-state index in [1.54, 1.807) is 0 Å². The summed E-state index contributed by atoms with van der Waals surface area (Å²) in [6.45, 7) is 0.634. The third-order valence-corrected chi connectivity index (χ3v) is 5.02. The zero-order valence-electron chi connectivity index (χ0n) is 15.4. The Balaban J connectivity index is 1.73. The van der Waals surface area contributed by atoms with E-state index < -0.39 is 0 Å². The van der Waals surface area contributed by atoms with Crippen LogP contribution in [0.15, 0.2) is 54.6 Å². The molecule has 1 saturated carbocycles. The van der Waals surface area contributed by atoms with Gasteiger partial charge in [-0.3, -0.25) is 4.68 Å². The van der Waals surface area contributed by atoms with E-state index >= 15 is 0 Å². The molecule has 4 heteroatoms. The van der Waals surface area contributed by atoms with Gasteiger partial charge in [-0.05, 0) is 48.1 Å². The standard InChI is InChI=1S/C22H25N3O/c1-24(2)21-9-4-3-6-19(21)14-25-22(13-20(15-26)23-25)18-8-5-7-17(12-18)16-10-11-16/h3-9,12-13,16,26H,10-11,14-15H2,1-2H3. The first-order valence-electron chi connectivity index (χ1n) is 9.19. The van der Waals surface area contributed by atoms with Gasteiger partial charge in [0.25, 0.3) is 0 Å². The normalized spacial score (nSPS) is 13.8. The van der Waals surface area contributed by atoms with Crippen LogP contribution in [0.2, 0.25) is 0 Å². The minimum Gasteiger partial charge on any atom is -0.390 e. The van der Waals surface area contributed by atoms with Crippen LogP contribution in [0, 0.1) is 0 Å². The van der Waals surface area contributed by atoms with Crippen molar-refractivity contribution in [3.63, 3.8) is 0 Å². The second kappa shape index (κ2) is 6.96. The fourth-order valence-corrected chi connectivity index (χ4v) is 3.51. The van der Waals surface area contributed by atoms with Crippen molar-refractivity contribution in [2.75, 3.05) is 19.0 Å². The van der Waals surface area contributed by atoms with E-state index in [0.29, 0.717) is 12.2 Å². The number of hydrogen-bond donors (Lipinski definition) is 1. The summed E-state index contributed by atoms with van der Waals surface area (Å²) < 4.78 is 2.01. The van der Waals surface area contributed by atoms with Crippen molar-refractivity contribution in [3.05, 3.63) is 71.4 Å². The minimum absolute atomic E-state index is 0.0440. The smallest absolute Gasteiger partial charge is 0.0885 e. The van der Waals surface area contributed by atoms with Gasteiger partial charge >= 0.3 is 0 Å². The predicted octanol–water partition coefficient (Wildman–Crippen LogP) is 4.03. The van der Waals surface area contributed by atoms with Gasteiger partial charge in [0.1, 0.15) is 0 Å². The molecule has 0 saturated heterocycles. The lowest BCUT2D eigenvalue weighted by atomic mass is 10.0. The van der Waals surface area contributed by atoms with Crippen LogP contribution in [0.25, 0.3) is 11.3 Å². The summed E-state index contributed by atoms with van der Waals surface area (Å²) in [6.07, 6.45) is 2.58. The van der Waals surface area contributed by atoms with Crippen LogP contribution in [0.1, 0.15) is 35.6 Å². The number of hydrogen-bond acceptors (Lipinski definition) is 3. The Morgan fingerprint density at radius 2 is 1.88 bits per heavy atom. The topological polar surface area (TPSA) is 41.3 Å². The Morgan fingerprint density at radius 3 is 2.62 bits per heavy atom. The van der Waals surface area contributed by atoms with Crippen molar-refractivity contribution in [1.29, 1.82) is 0 Å². The Kier molecular flexibility index (Phi) is 4.51. The molecule has 2 aromatic carbocycles. The molecule has 4 rings (SSSR count). The molecule has 1 fully saturated rings. The summed E-state index contributed by atoms with van der Waals surface area (Å²) in [5.74, 6) is 0.720. The number of aromatic nitrogens is 2. The van der Waals surface area contributed by atoms with Crippen LogP contribution >= 0.6 is 0 Å². The summed E-state index contributed by atoms with van der Waals surface area (Å²) in [5.41, 5.74) is 6.75. The summed E-state index contributed by atoms with van der Waals surface area (Å²) in [7, 11) is 4.11. The Labute approximate surface area is 154 Å². The molecule has 1 N–H and O–H groups in total. The van der Waals surface area contributed by atoms with E-state index in [1.807, 2.05) is 10.7 Å². The van der Waals surface area contributed by atoms with Crippen LogP contribution in [0.5, 0.6) is 0 Å². The molecule has 26 heavy (non-hydrogen) atoms. The maximum atomic E-state index is 9.60. The van der Waals surface area contributed by atoms with E-state index in [1.165, 1.54) is 35.2 Å². The predicted molar refractivity (Wildman–Crippen MR) is 105 cm³/mol. The van der Waals surface area contributed by atoms with Gasteiger partial charge in [-0.15, -0.1) is 0 Å². The Hall–Kier alpha value is -2.59. The zero-order chi connectivity index (χ0) is 18.1. The van der Waals surface area contributed by atoms with Gasteiger partial charge in [0.2, 0.25) is 0 Å². The average molecular weight is 347 g/mol. The van der Waals surface area contributed by atoms with Gasteiger partial charge in [-0.1, -0.05) is 36.4 Å². The fourth-order valence-electron chi connectivity index (χ4n) is 3.51. The quantitative estimate of drug-likeness (QED) is 0.732. The first-order chi connectivity index (χ1) is 12.7. The molecule has 0 aliphatic heterocycles. The molecular weight excluding hydrogens is 322 g/mol. The summed E-state index contributed by atoms with van der Waals surface area (Å²) in [5, 5.41) is 14.2. The number of para-hydroxylation sites is 1. The molecule has 0 atom stereocenters. The molecular formula is C22H25N3O. The molecule has 1 aliphatic rings. The second-order valence-electron chi connectivity index (χ2n) is 7.26. The van der Waals surface area contributed by atoms with Crippen LogP contribution in [-0.2, 0) is 13.2 Å². The lowest BCUT2D eigenvalue weighted by molar-refractivity contribution is 0.275. The number of aliphatic hydroxyl groups excluding tert-OH is 1. The first-order valence-corrected chi connectivity index (χ1v) is 9.19. The number of anilines is 1. The van der Waals surface area contributed by atoms with Gasteiger partial charge in [-0.2, -0.15) is 5.10 Å². The van der Waals surface area contributed by atoms with Crippen molar-refractivity contribution in [1.82, 2.24) is 9.78 Å². The van der Waals surface area contributed by atoms with E-state index in [0.717, 1.165) is 11.6 Å². The zero-order valence-corrected chi connectivity index (χ0v) is 15.4. The third-order valence-electron chi connectivity index (χ3n) is 5.02. The van der Waals surface area contributed by atoms with Gasteiger partial charge in [-0.25, -0.2) is 0 Å². The Bertz CT molecular complexity index is 909. The second-order valence-corrected chi connectivity index (χ2v) is 7.26. The van der Waals surface area contributed by atoms with Crippen LogP contribution in [0.3, 0.4) is 0 Å². The van der Waals surface area contributed by atoms with Crippen molar-refractivity contribution in [2.45, 2.75) is 31.9 Å². The maximum Gasteiger partial charge on any atom is 0.0885 e. The third kappa shape index (κ3) is 3.37. The first kappa shape index (κ1) is 16.9. The van der Waals surface area contributed by atoms with Gasteiger partial charge < -0.3 is 10.0 Å². The van der Waals surface area contributed by atoms with Crippen molar-refractivity contribution >= 4 is 5.69 Å². The van der Waals surface area contributed by atoms with Crippen LogP contribution < -0.4 is 4.90 Å². The summed E-state index contributed by atoms with van der Waals surface area (Å²) >= 11 is 0. The van der Waals surface area contributed by atoms with E-state index in [-0.39, 0.29) is 6.61 Å². The number of nitrogens with zero attached hydrogens (tertiary/aromatic N) is 3. The molecule has 0 bridgehead atoms. The summed E-state index contributed by atoms with van der Waals surface area (Å²) in [4.78, 5) is 2.12. The maximum absolute atomic E-state index is 9.60. The molecule has 3 aromatic rings. The molecule has 1 heterocycles. The van der Waals surface area contributed by atoms with E-state index in [4.69, 9.17) is 0 Å². The van der Waals surface area contributed by atoms with Gasteiger partial charge in [0, 0.05) is 25.3 Å². The minimum atomic E-state index is -0.0440. The monoisotopic (exact) mass is 347 g/mol. The highest BCUT2D eigenvalue weighted by molar-refractivity contribution is 5.62. The van der Waals surface area contributed by atoms with Gasteiger partial charge in [0.15, 0.2) is 0 Å². The van der Waals surface area contributed by atoms with E-state index in [9.17, 15) is 5.11 Å². The molecule has 0 unspecified atom stereocenters. The molecule has 4 nitrogen and oxygen atoms in total.